The molecule has 0 saturated carbocycles. The van der Waals surface area contributed by atoms with Crippen LogP contribution in [0.15, 0.2) is 64.0 Å². The van der Waals surface area contributed by atoms with Crippen molar-refractivity contribution in [2.45, 2.75) is 10.1 Å². The first-order valence-electron chi connectivity index (χ1n) is 6.07. The molecular formula is C14H12BrNO4S. The fraction of sp³-hybridized carbons (Fsp3) is 0.143. The number of nitro groups is 1. The summed E-state index contributed by atoms with van der Waals surface area (Å²) < 4.78 is 26.1. The summed E-state index contributed by atoms with van der Waals surface area (Å²) in [5, 5.41) is 9.65. The first-order chi connectivity index (χ1) is 9.91. The summed E-state index contributed by atoms with van der Waals surface area (Å²) in [4.78, 5) is 10.3. The van der Waals surface area contributed by atoms with Crippen LogP contribution >= 0.6 is 15.9 Å². The number of nitrogens with zero attached hydrogens (tertiary/aromatic N) is 1. The number of halogens is 1. The van der Waals surface area contributed by atoms with Gasteiger partial charge in [-0.3, -0.25) is 10.1 Å². The Hall–Kier alpha value is -1.73. The maximum Gasteiger partial charge on any atom is 0.225 e. The van der Waals surface area contributed by atoms with E-state index in [4.69, 9.17) is 0 Å². The second kappa shape index (κ2) is 6.36. The number of hydrogen-bond acceptors (Lipinski definition) is 4. The third-order valence-corrected chi connectivity index (χ3v) is 5.63. The fourth-order valence-corrected chi connectivity index (χ4v) is 3.92. The van der Waals surface area contributed by atoms with Crippen LogP contribution in [0, 0.1) is 10.1 Å². The molecule has 1 atom stereocenters. The van der Waals surface area contributed by atoms with Gasteiger partial charge in [-0.2, -0.15) is 0 Å². The summed E-state index contributed by atoms with van der Waals surface area (Å²) in [6.45, 7) is -0.664. The van der Waals surface area contributed by atoms with Gasteiger partial charge in [0.1, 0.15) is 0 Å². The van der Waals surface area contributed by atoms with E-state index < -0.39 is 26.6 Å². The third-order valence-electron chi connectivity index (χ3n) is 3.00. The third kappa shape index (κ3) is 3.68. The highest BCUT2D eigenvalue weighted by Gasteiger charge is 2.33. The molecular weight excluding hydrogens is 358 g/mol. The summed E-state index contributed by atoms with van der Waals surface area (Å²) in [5.74, 6) is 0. The minimum absolute atomic E-state index is 0.0707. The van der Waals surface area contributed by atoms with Gasteiger partial charge < -0.3 is 0 Å². The average molecular weight is 370 g/mol. The van der Waals surface area contributed by atoms with Gasteiger partial charge in [0.05, 0.1) is 4.90 Å². The number of benzene rings is 2. The van der Waals surface area contributed by atoms with Crippen molar-refractivity contribution < 1.29 is 13.3 Å². The van der Waals surface area contributed by atoms with Gasteiger partial charge in [-0.15, -0.1) is 0 Å². The number of rotatable bonds is 5. The quantitative estimate of drug-likeness (QED) is 0.598. The van der Waals surface area contributed by atoms with Crippen molar-refractivity contribution in [3.8, 4) is 0 Å². The lowest BCUT2D eigenvalue weighted by Gasteiger charge is -2.14. The highest BCUT2D eigenvalue weighted by Crippen LogP contribution is 2.29. The molecule has 7 heteroatoms. The molecule has 0 unspecified atom stereocenters. The molecule has 0 saturated heterocycles. The Morgan fingerprint density at radius 3 is 2.14 bits per heavy atom. The first-order valence-corrected chi connectivity index (χ1v) is 8.41. The Morgan fingerprint density at radius 2 is 1.62 bits per heavy atom. The van der Waals surface area contributed by atoms with Crippen molar-refractivity contribution in [2.75, 3.05) is 6.54 Å². The molecule has 0 N–H and O–H groups in total. The molecule has 0 aromatic heterocycles. The van der Waals surface area contributed by atoms with E-state index in [1.807, 2.05) is 0 Å². The standard InChI is InChI=1S/C14H12BrNO4S/c15-12-6-8-13(9-7-12)21(19,20)14(10-16(17)18)11-4-2-1-3-5-11/h1-9,14H,10H2/t14-/m1/s1. The molecule has 0 aliphatic rings. The Morgan fingerprint density at radius 1 is 1.05 bits per heavy atom. The zero-order valence-electron chi connectivity index (χ0n) is 10.8. The molecule has 0 heterocycles. The predicted octanol–water partition coefficient (Wildman–Crippen LogP) is 3.24. The van der Waals surface area contributed by atoms with Crippen LogP contribution in [0.25, 0.3) is 0 Å². The van der Waals surface area contributed by atoms with E-state index in [1.165, 1.54) is 12.1 Å². The lowest BCUT2D eigenvalue weighted by Crippen LogP contribution is -2.22. The zero-order valence-corrected chi connectivity index (χ0v) is 13.2. The van der Waals surface area contributed by atoms with Crippen LogP contribution in [-0.4, -0.2) is 19.9 Å². The molecule has 0 amide bonds. The summed E-state index contributed by atoms with van der Waals surface area (Å²) in [6, 6.07) is 14.3. The van der Waals surface area contributed by atoms with Crippen LogP contribution in [0.4, 0.5) is 0 Å². The molecule has 2 aromatic rings. The molecule has 0 aliphatic heterocycles. The minimum Gasteiger partial charge on any atom is -0.264 e. The van der Waals surface area contributed by atoms with Crippen molar-refractivity contribution in [3.63, 3.8) is 0 Å². The van der Waals surface area contributed by atoms with Gasteiger partial charge in [-0.25, -0.2) is 8.42 Å². The summed E-state index contributed by atoms with van der Waals surface area (Å²) in [6.07, 6.45) is 0. The summed E-state index contributed by atoms with van der Waals surface area (Å²) in [7, 11) is -3.83. The Balaban J connectivity index is 2.49. The molecule has 21 heavy (non-hydrogen) atoms. The maximum atomic E-state index is 12.7. The largest absolute Gasteiger partial charge is 0.264 e. The van der Waals surface area contributed by atoms with Crippen molar-refractivity contribution in [1.29, 1.82) is 0 Å². The number of sulfone groups is 1. The van der Waals surface area contributed by atoms with Crippen LogP contribution in [0.5, 0.6) is 0 Å². The Bertz CT molecular complexity index is 729. The highest BCUT2D eigenvalue weighted by atomic mass is 79.9. The lowest BCUT2D eigenvalue weighted by molar-refractivity contribution is -0.479. The molecule has 0 radical (unpaired) electrons. The average Bonchev–Trinajstić information content (AvgIpc) is 2.46. The summed E-state index contributed by atoms with van der Waals surface area (Å²) in [5.41, 5.74) is 0.414. The second-order valence-electron chi connectivity index (χ2n) is 4.41. The summed E-state index contributed by atoms with van der Waals surface area (Å²) >= 11 is 3.23. The van der Waals surface area contributed by atoms with Crippen molar-refractivity contribution in [2.24, 2.45) is 0 Å². The van der Waals surface area contributed by atoms with Gasteiger partial charge in [0.2, 0.25) is 6.54 Å². The molecule has 0 spiro atoms. The van der Waals surface area contributed by atoms with Gasteiger partial charge >= 0.3 is 0 Å². The topological polar surface area (TPSA) is 77.3 Å². The molecule has 110 valence electrons. The van der Waals surface area contributed by atoms with Gasteiger partial charge in [-0.1, -0.05) is 46.3 Å². The van der Waals surface area contributed by atoms with Gasteiger partial charge in [0.15, 0.2) is 15.1 Å². The van der Waals surface area contributed by atoms with Crippen molar-refractivity contribution in [1.82, 2.24) is 0 Å². The second-order valence-corrected chi connectivity index (χ2v) is 7.46. The van der Waals surface area contributed by atoms with Crippen LogP contribution in [0.1, 0.15) is 10.8 Å². The molecule has 0 fully saturated rings. The van der Waals surface area contributed by atoms with Gasteiger partial charge in [-0.05, 0) is 29.8 Å². The van der Waals surface area contributed by atoms with Crippen LogP contribution in [0.2, 0.25) is 0 Å². The predicted molar refractivity (Wildman–Crippen MR) is 82.4 cm³/mol. The van der Waals surface area contributed by atoms with E-state index in [9.17, 15) is 18.5 Å². The molecule has 0 aliphatic carbocycles. The van der Waals surface area contributed by atoms with Crippen LogP contribution in [-0.2, 0) is 9.84 Å². The molecule has 2 aromatic carbocycles. The minimum atomic E-state index is -3.83. The van der Waals surface area contributed by atoms with E-state index in [2.05, 4.69) is 15.9 Å². The van der Waals surface area contributed by atoms with E-state index in [-0.39, 0.29) is 4.90 Å². The normalized spacial score (nSPS) is 12.8. The van der Waals surface area contributed by atoms with Gasteiger partial charge in [0, 0.05) is 9.40 Å². The molecule has 0 bridgehead atoms. The van der Waals surface area contributed by atoms with E-state index in [1.54, 1.807) is 42.5 Å². The smallest absolute Gasteiger partial charge is 0.225 e. The Labute approximate surface area is 130 Å². The van der Waals surface area contributed by atoms with E-state index in [0.29, 0.717) is 5.56 Å². The van der Waals surface area contributed by atoms with E-state index >= 15 is 0 Å². The lowest BCUT2D eigenvalue weighted by atomic mass is 10.1. The fourth-order valence-electron chi connectivity index (χ4n) is 1.97. The van der Waals surface area contributed by atoms with Crippen LogP contribution in [0.3, 0.4) is 0 Å². The molecule has 5 nitrogen and oxygen atoms in total. The maximum absolute atomic E-state index is 12.7. The SMILES string of the molecule is O=[N+]([O-])C[C@H](c1ccccc1)S(=O)(=O)c1ccc(Br)cc1. The zero-order chi connectivity index (χ0) is 15.5. The van der Waals surface area contributed by atoms with E-state index in [0.717, 1.165) is 4.47 Å². The van der Waals surface area contributed by atoms with Crippen molar-refractivity contribution in [3.05, 3.63) is 74.7 Å². The Kier molecular flexibility index (Phi) is 4.74. The van der Waals surface area contributed by atoms with Gasteiger partial charge in [0.25, 0.3) is 0 Å². The first kappa shape index (κ1) is 15.7. The molecule has 2 rings (SSSR count). The van der Waals surface area contributed by atoms with Crippen LogP contribution < -0.4 is 0 Å². The number of hydrogen-bond donors (Lipinski definition) is 0. The highest BCUT2D eigenvalue weighted by molar-refractivity contribution is 9.10. The monoisotopic (exact) mass is 369 g/mol. The van der Waals surface area contributed by atoms with Crippen molar-refractivity contribution >= 4 is 25.8 Å².